The molecule has 2 aromatic carbocycles. The number of hydrogen-bond acceptors (Lipinski definition) is 2. The third kappa shape index (κ3) is 1.50. The van der Waals surface area contributed by atoms with Crippen LogP contribution in [0.3, 0.4) is 0 Å². The highest BCUT2D eigenvalue weighted by Gasteiger charge is 2.18. The molecule has 0 atom stereocenters. The van der Waals surface area contributed by atoms with Gasteiger partial charge in [-0.15, -0.1) is 0 Å². The summed E-state index contributed by atoms with van der Waals surface area (Å²) >= 11 is 1.45. The van der Waals surface area contributed by atoms with Crippen molar-refractivity contribution >= 4 is 12.0 Å². The van der Waals surface area contributed by atoms with Gasteiger partial charge < -0.3 is 4.18 Å². The number of aryl methyl sites for hydroxylation is 2. The van der Waals surface area contributed by atoms with Crippen molar-refractivity contribution in [3.05, 3.63) is 47.5 Å². The minimum absolute atomic E-state index is 0.966. The van der Waals surface area contributed by atoms with Gasteiger partial charge in [0.1, 0.15) is 5.75 Å². The highest BCUT2D eigenvalue weighted by atomic mass is 32.2. The van der Waals surface area contributed by atoms with E-state index >= 15 is 0 Å². The van der Waals surface area contributed by atoms with Crippen LogP contribution in [-0.4, -0.2) is 0 Å². The van der Waals surface area contributed by atoms with Gasteiger partial charge in [-0.25, -0.2) is 0 Å². The van der Waals surface area contributed by atoms with Crippen molar-refractivity contribution in [3.63, 3.8) is 0 Å². The fourth-order valence-corrected chi connectivity index (χ4v) is 2.65. The highest BCUT2D eigenvalue weighted by molar-refractivity contribution is 7.95. The van der Waals surface area contributed by atoms with E-state index in [1.54, 1.807) is 0 Å². The highest BCUT2D eigenvalue weighted by Crippen LogP contribution is 2.44. The van der Waals surface area contributed by atoms with Crippen molar-refractivity contribution in [2.75, 3.05) is 0 Å². The van der Waals surface area contributed by atoms with Crippen LogP contribution in [0.2, 0.25) is 0 Å². The Kier molecular flexibility index (Phi) is 2.18. The summed E-state index contributed by atoms with van der Waals surface area (Å²) < 4.78 is 5.66. The second kappa shape index (κ2) is 3.56. The lowest BCUT2D eigenvalue weighted by Crippen LogP contribution is -1.96. The molecule has 0 bridgehead atoms. The molecule has 3 rings (SSSR count). The summed E-state index contributed by atoms with van der Waals surface area (Å²) in [5.74, 6) is 0.966. The molecule has 1 aliphatic rings. The van der Waals surface area contributed by atoms with E-state index < -0.39 is 0 Å². The maximum atomic E-state index is 5.66. The topological polar surface area (TPSA) is 9.23 Å². The smallest absolute Gasteiger partial charge is 0.145 e. The zero-order chi connectivity index (χ0) is 11.1. The van der Waals surface area contributed by atoms with Crippen molar-refractivity contribution < 1.29 is 4.18 Å². The average Bonchev–Trinajstić information content (AvgIpc) is 2.29. The summed E-state index contributed by atoms with van der Waals surface area (Å²) in [4.78, 5) is 1.20. The average molecular weight is 228 g/mol. The molecule has 0 unspecified atom stereocenters. The lowest BCUT2D eigenvalue weighted by atomic mass is 10.0. The van der Waals surface area contributed by atoms with E-state index in [2.05, 4.69) is 44.2 Å². The van der Waals surface area contributed by atoms with Crippen molar-refractivity contribution in [2.45, 2.75) is 18.7 Å². The third-order valence-electron chi connectivity index (χ3n) is 2.78. The molecule has 1 nitrogen and oxygen atoms in total. The Labute approximate surface area is 99.7 Å². The fraction of sp³-hybridized carbons (Fsp3) is 0.143. The molecule has 0 aromatic heterocycles. The molecule has 0 radical (unpaired) electrons. The van der Waals surface area contributed by atoms with Crippen molar-refractivity contribution in [1.82, 2.24) is 0 Å². The number of rotatable bonds is 0. The lowest BCUT2D eigenvalue weighted by Gasteiger charge is -2.19. The van der Waals surface area contributed by atoms with Gasteiger partial charge in [0.25, 0.3) is 0 Å². The molecule has 0 N–H and O–H groups in total. The van der Waals surface area contributed by atoms with E-state index in [0.29, 0.717) is 0 Å². The minimum atomic E-state index is 0.966. The standard InChI is InChI=1S/C14H12OS/c1-9-3-5-13-11(7-9)12-8-10(2)4-6-14(12)16-15-13/h3-8H,1-2H3. The molecule has 0 spiro atoms. The zero-order valence-electron chi connectivity index (χ0n) is 9.28. The monoisotopic (exact) mass is 228 g/mol. The molecule has 1 heterocycles. The summed E-state index contributed by atoms with van der Waals surface area (Å²) in [7, 11) is 0. The van der Waals surface area contributed by atoms with E-state index in [-0.39, 0.29) is 0 Å². The van der Waals surface area contributed by atoms with Crippen molar-refractivity contribution in [2.24, 2.45) is 0 Å². The van der Waals surface area contributed by atoms with Crippen molar-refractivity contribution in [1.29, 1.82) is 0 Å². The molecule has 16 heavy (non-hydrogen) atoms. The SMILES string of the molecule is Cc1ccc2c(c1)-c1cc(C)ccc1SO2. The molecular weight excluding hydrogens is 216 g/mol. The first-order chi connectivity index (χ1) is 7.74. The molecule has 1 aliphatic heterocycles. The predicted octanol–water partition coefficient (Wildman–Crippen LogP) is 4.37. The molecule has 0 saturated carbocycles. The Morgan fingerprint density at radius 1 is 0.875 bits per heavy atom. The molecule has 0 fully saturated rings. The van der Waals surface area contributed by atoms with Gasteiger partial charge in [-0.1, -0.05) is 29.3 Å². The Bertz CT molecular complexity index is 509. The van der Waals surface area contributed by atoms with Crippen LogP contribution in [0.15, 0.2) is 41.3 Å². The first-order valence-corrected chi connectivity index (χ1v) is 6.04. The van der Waals surface area contributed by atoms with Crippen LogP contribution in [0.25, 0.3) is 11.1 Å². The minimum Gasteiger partial charge on any atom is -0.420 e. The maximum Gasteiger partial charge on any atom is 0.145 e. The quantitative estimate of drug-likeness (QED) is 0.619. The molecule has 0 amide bonds. The van der Waals surface area contributed by atoms with Crippen LogP contribution in [0.5, 0.6) is 5.75 Å². The van der Waals surface area contributed by atoms with Crippen LogP contribution in [0.4, 0.5) is 0 Å². The summed E-state index contributed by atoms with van der Waals surface area (Å²) in [5.41, 5.74) is 5.04. The second-order valence-electron chi connectivity index (χ2n) is 4.17. The lowest BCUT2D eigenvalue weighted by molar-refractivity contribution is 0.642. The largest absolute Gasteiger partial charge is 0.420 e. The summed E-state index contributed by atoms with van der Waals surface area (Å²) in [6, 6.07) is 12.8. The molecule has 2 aromatic rings. The fourth-order valence-electron chi connectivity index (χ4n) is 1.94. The number of fused-ring (bicyclic) bond motifs is 3. The van der Waals surface area contributed by atoms with E-state index in [1.807, 2.05) is 6.07 Å². The number of hydrogen-bond donors (Lipinski definition) is 0. The Balaban J connectivity index is 2.28. The van der Waals surface area contributed by atoms with Crippen LogP contribution >= 0.6 is 12.0 Å². The third-order valence-corrected chi connectivity index (χ3v) is 3.58. The van der Waals surface area contributed by atoms with Gasteiger partial charge in [0, 0.05) is 11.1 Å². The Hall–Kier alpha value is -1.41. The van der Waals surface area contributed by atoms with Gasteiger partial charge in [0.2, 0.25) is 0 Å². The summed E-state index contributed by atoms with van der Waals surface area (Å²) in [6.07, 6.45) is 0. The summed E-state index contributed by atoms with van der Waals surface area (Å²) in [6.45, 7) is 4.23. The van der Waals surface area contributed by atoms with E-state index in [0.717, 1.165) is 5.75 Å². The predicted molar refractivity (Wildman–Crippen MR) is 67.8 cm³/mol. The normalized spacial score (nSPS) is 12.6. The van der Waals surface area contributed by atoms with Crippen LogP contribution in [0, 0.1) is 13.8 Å². The summed E-state index contributed by atoms with van der Waals surface area (Å²) in [5, 5.41) is 0. The van der Waals surface area contributed by atoms with Gasteiger partial charge in [-0.2, -0.15) is 0 Å². The number of benzene rings is 2. The van der Waals surface area contributed by atoms with Gasteiger partial charge in [0.15, 0.2) is 0 Å². The molecular formula is C14H12OS. The molecule has 2 heteroatoms. The van der Waals surface area contributed by atoms with Crippen molar-refractivity contribution in [3.8, 4) is 16.9 Å². The molecule has 80 valence electrons. The van der Waals surface area contributed by atoms with Gasteiger partial charge in [-0.05, 0) is 32.0 Å². The Morgan fingerprint density at radius 2 is 1.56 bits per heavy atom. The van der Waals surface area contributed by atoms with Gasteiger partial charge >= 0.3 is 0 Å². The van der Waals surface area contributed by atoms with Crippen LogP contribution in [-0.2, 0) is 0 Å². The first kappa shape index (κ1) is 9.79. The second-order valence-corrected chi connectivity index (χ2v) is 4.94. The van der Waals surface area contributed by atoms with Crippen LogP contribution in [0.1, 0.15) is 11.1 Å². The zero-order valence-corrected chi connectivity index (χ0v) is 10.1. The van der Waals surface area contributed by atoms with Gasteiger partial charge in [0.05, 0.1) is 16.9 Å². The van der Waals surface area contributed by atoms with Gasteiger partial charge in [-0.3, -0.25) is 0 Å². The van der Waals surface area contributed by atoms with E-state index in [4.69, 9.17) is 4.18 Å². The molecule has 0 aliphatic carbocycles. The molecule has 0 saturated heterocycles. The Morgan fingerprint density at radius 3 is 2.38 bits per heavy atom. The van der Waals surface area contributed by atoms with E-state index in [1.165, 1.54) is 39.2 Å². The maximum absolute atomic E-state index is 5.66. The van der Waals surface area contributed by atoms with Crippen LogP contribution < -0.4 is 4.18 Å². The van der Waals surface area contributed by atoms with E-state index in [9.17, 15) is 0 Å². The first-order valence-electron chi connectivity index (χ1n) is 5.30.